The van der Waals surface area contributed by atoms with Crippen LogP contribution in [0.4, 0.5) is 5.69 Å². The van der Waals surface area contributed by atoms with Crippen LogP contribution in [0.1, 0.15) is 27.0 Å². The van der Waals surface area contributed by atoms with E-state index in [4.69, 9.17) is 0 Å². The van der Waals surface area contributed by atoms with Gasteiger partial charge in [-0.05, 0) is 43.2 Å². The lowest BCUT2D eigenvalue weighted by atomic mass is 9.99. The normalized spacial score (nSPS) is 12.9. The Labute approximate surface area is 107 Å². The molecule has 0 amide bonds. The Hall–Kier alpha value is -2.09. The molecule has 2 aromatic carbocycles. The Kier molecular flexibility index (Phi) is 2.63. The number of aryl methyl sites for hydroxylation is 1. The van der Waals surface area contributed by atoms with Gasteiger partial charge in [0.1, 0.15) is 0 Å². The minimum Gasteiger partial charge on any atom is -0.384 e. The molecule has 0 saturated heterocycles. The summed E-state index contributed by atoms with van der Waals surface area (Å²) in [4.78, 5) is 12.4. The Morgan fingerprint density at radius 3 is 2.78 bits per heavy atom. The van der Waals surface area contributed by atoms with Gasteiger partial charge < -0.3 is 5.32 Å². The summed E-state index contributed by atoms with van der Waals surface area (Å²) in [6.45, 7) is 2.97. The van der Waals surface area contributed by atoms with Crippen LogP contribution in [0.3, 0.4) is 0 Å². The monoisotopic (exact) mass is 237 g/mol. The van der Waals surface area contributed by atoms with Crippen molar-refractivity contribution in [3.05, 3.63) is 64.7 Å². The molecule has 1 N–H and O–H groups in total. The second kappa shape index (κ2) is 4.30. The maximum Gasteiger partial charge on any atom is 0.193 e. The average molecular weight is 237 g/mol. The molecule has 3 rings (SSSR count). The van der Waals surface area contributed by atoms with Gasteiger partial charge in [-0.3, -0.25) is 4.79 Å². The molecule has 1 aliphatic heterocycles. The Balaban J connectivity index is 1.98. The molecule has 0 aliphatic carbocycles. The van der Waals surface area contributed by atoms with E-state index < -0.39 is 0 Å². The van der Waals surface area contributed by atoms with Gasteiger partial charge in [0.25, 0.3) is 0 Å². The van der Waals surface area contributed by atoms with Crippen molar-refractivity contribution >= 4 is 11.5 Å². The lowest BCUT2D eigenvalue weighted by molar-refractivity contribution is 0.103. The van der Waals surface area contributed by atoms with Gasteiger partial charge in [-0.15, -0.1) is 0 Å². The number of rotatable bonds is 2. The average Bonchev–Trinajstić information content (AvgIpc) is 2.85. The highest BCUT2D eigenvalue weighted by molar-refractivity contribution is 6.09. The summed E-state index contributed by atoms with van der Waals surface area (Å²) in [6, 6.07) is 13.7. The molecule has 90 valence electrons. The molecule has 1 aliphatic rings. The Morgan fingerprint density at radius 1 is 1.11 bits per heavy atom. The van der Waals surface area contributed by atoms with Gasteiger partial charge in [-0.25, -0.2) is 0 Å². The smallest absolute Gasteiger partial charge is 0.193 e. The van der Waals surface area contributed by atoms with E-state index in [1.54, 1.807) is 0 Å². The van der Waals surface area contributed by atoms with Crippen molar-refractivity contribution in [2.24, 2.45) is 0 Å². The van der Waals surface area contributed by atoms with Crippen LogP contribution in [0.15, 0.2) is 42.5 Å². The fourth-order valence-corrected chi connectivity index (χ4v) is 2.40. The van der Waals surface area contributed by atoms with Crippen molar-refractivity contribution in [2.45, 2.75) is 13.3 Å². The summed E-state index contributed by atoms with van der Waals surface area (Å²) in [5.41, 5.74) is 5.07. The van der Waals surface area contributed by atoms with Gasteiger partial charge in [0.15, 0.2) is 5.78 Å². The summed E-state index contributed by atoms with van der Waals surface area (Å²) in [5, 5.41) is 3.30. The molecule has 0 fully saturated rings. The minimum absolute atomic E-state index is 0.105. The van der Waals surface area contributed by atoms with Crippen LogP contribution >= 0.6 is 0 Å². The zero-order chi connectivity index (χ0) is 12.5. The van der Waals surface area contributed by atoms with Gasteiger partial charge >= 0.3 is 0 Å². The van der Waals surface area contributed by atoms with Crippen LogP contribution in [0, 0.1) is 6.92 Å². The molecule has 0 bridgehead atoms. The highest BCUT2D eigenvalue weighted by Gasteiger charge is 2.14. The third-order valence-corrected chi connectivity index (χ3v) is 3.36. The fourth-order valence-electron chi connectivity index (χ4n) is 2.40. The number of nitrogens with one attached hydrogen (secondary N) is 1. The Morgan fingerprint density at radius 2 is 1.94 bits per heavy atom. The zero-order valence-corrected chi connectivity index (χ0v) is 10.4. The van der Waals surface area contributed by atoms with E-state index in [2.05, 4.69) is 5.32 Å². The first-order valence-electron chi connectivity index (χ1n) is 6.22. The van der Waals surface area contributed by atoms with Crippen LogP contribution in [0.5, 0.6) is 0 Å². The summed E-state index contributed by atoms with van der Waals surface area (Å²) in [5.74, 6) is 0.105. The van der Waals surface area contributed by atoms with Crippen molar-refractivity contribution in [1.29, 1.82) is 0 Å². The van der Waals surface area contributed by atoms with Crippen molar-refractivity contribution in [3.8, 4) is 0 Å². The summed E-state index contributed by atoms with van der Waals surface area (Å²) in [7, 11) is 0. The van der Waals surface area contributed by atoms with Crippen LogP contribution < -0.4 is 5.32 Å². The first-order valence-corrected chi connectivity index (χ1v) is 6.22. The van der Waals surface area contributed by atoms with Crippen LogP contribution in [0.2, 0.25) is 0 Å². The number of anilines is 1. The largest absolute Gasteiger partial charge is 0.384 e. The first kappa shape index (κ1) is 11.0. The number of hydrogen-bond donors (Lipinski definition) is 1. The maximum atomic E-state index is 12.4. The van der Waals surface area contributed by atoms with E-state index in [9.17, 15) is 4.79 Å². The van der Waals surface area contributed by atoms with Gasteiger partial charge in [0.05, 0.1) is 0 Å². The molecule has 0 radical (unpaired) electrons. The van der Waals surface area contributed by atoms with E-state index in [1.165, 1.54) is 5.56 Å². The number of hydrogen-bond acceptors (Lipinski definition) is 2. The molecule has 2 nitrogen and oxygen atoms in total. The van der Waals surface area contributed by atoms with Gasteiger partial charge in [-0.2, -0.15) is 0 Å². The SMILES string of the molecule is Cc1cccc(C(=O)c2ccc3c(c2)CCN3)c1. The van der Waals surface area contributed by atoms with Crippen molar-refractivity contribution in [3.63, 3.8) is 0 Å². The second-order valence-corrected chi connectivity index (χ2v) is 4.75. The zero-order valence-electron chi connectivity index (χ0n) is 10.4. The summed E-state index contributed by atoms with van der Waals surface area (Å²) < 4.78 is 0. The quantitative estimate of drug-likeness (QED) is 0.813. The van der Waals surface area contributed by atoms with Gasteiger partial charge in [0, 0.05) is 23.4 Å². The summed E-state index contributed by atoms with van der Waals surface area (Å²) in [6.07, 6.45) is 1.00. The standard InChI is InChI=1S/C16H15NO/c1-11-3-2-4-13(9-11)16(18)14-5-6-15-12(10-14)7-8-17-15/h2-6,9-10,17H,7-8H2,1H3. The highest BCUT2D eigenvalue weighted by atomic mass is 16.1. The van der Waals surface area contributed by atoms with E-state index in [0.29, 0.717) is 0 Å². The van der Waals surface area contributed by atoms with Crippen molar-refractivity contribution in [1.82, 2.24) is 0 Å². The van der Waals surface area contributed by atoms with Crippen molar-refractivity contribution < 1.29 is 4.79 Å². The van der Waals surface area contributed by atoms with Gasteiger partial charge in [-0.1, -0.05) is 23.8 Å². The minimum atomic E-state index is 0.105. The predicted octanol–water partition coefficient (Wildman–Crippen LogP) is 3.19. The second-order valence-electron chi connectivity index (χ2n) is 4.75. The number of benzene rings is 2. The predicted molar refractivity (Wildman–Crippen MR) is 73.2 cm³/mol. The highest BCUT2D eigenvalue weighted by Crippen LogP contribution is 2.24. The molecule has 1 heterocycles. The van der Waals surface area contributed by atoms with Crippen LogP contribution in [-0.2, 0) is 6.42 Å². The molecule has 0 unspecified atom stereocenters. The lowest BCUT2D eigenvalue weighted by Gasteiger charge is -2.05. The fraction of sp³-hybridized carbons (Fsp3) is 0.188. The molecule has 0 aromatic heterocycles. The molecule has 2 aromatic rings. The third kappa shape index (κ3) is 1.90. The number of carbonyl (C=O) groups excluding carboxylic acids is 1. The molecular formula is C16H15NO. The molecule has 0 atom stereocenters. The summed E-state index contributed by atoms with van der Waals surface area (Å²) >= 11 is 0. The van der Waals surface area contributed by atoms with Crippen molar-refractivity contribution in [2.75, 3.05) is 11.9 Å². The molecular weight excluding hydrogens is 222 g/mol. The number of carbonyl (C=O) groups is 1. The van der Waals surface area contributed by atoms with Crippen LogP contribution in [-0.4, -0.2) is 12.3 Å². The van der Waals surface area contributed by atoms with E-state index >= 15 is 0 Å². The first-order chi connectivity index (χ1) is 8.74. The van der Waals surface area contributed by atoms with E-state index in [-0.39, 0.29) is 5.78 Å². The number of ketones is 1. The third-order valence-electron chi connectivity index (χ3n) is 3.36. The van der Waals surface area contributed by atoms with Gasteiger partial charge in [0.2, 0.25) is 0 Å². The molecule has 18 heavy (non-hydrogen) atoms. The van der Waals surface area contributed by atoms with E-state index in [0.717, 1.165) is 35.3 Å². The molecule has 2 heteroatoms. The topological polar surface area (TPSA) is 29.1 Å². The maximum absolute atomic E-state index is 12.4. The van der Waals surface area contributed by atoms with E-state index in [1.807, 2.05) is 49.4 Å². The number of fused-ring (bicyclic) bond motifs is 1. The lowest BCUT2D eigenvalue weighted by Crippen LogP contribution is -2.02. The molecule has 0 spiro atoms. The van der Waals surface area contributed by atoms with Crippen LogP contribution in [0.25, 0.3) is 0 Å². The molecule has 0 saturated carbocycles. The Bertz CT molecular complexity index is 616.